The Labute approximate surface area is 106 Å². The predicted octanol–water partition coefficient (Wildman–Crippen LogP) is 4.40. The molecule has 0 aromatic heterocycles. The summed E-state index contributed by atoms with van der Waals surface area (Å²) >= 11 is 0. The first-order valence-electron chi connectivity index (χ1n) is 7.20. The molecule has 1 saturated carbocycles. The van der Waals surface area contributed by atoms with Gasteiger partial charge in [0, 0.05) is 6.61 Å². The molecule has 0 aromatic carbocycles. The van der Waals surface area contributed by atoms with Crippen molar-refractivity contribution >= 4 is 0 Å². The molecule has 1 rings (SSSR count). The Kier molecular flexibility index (Phi) is 7.28. The van der Waals surface area contributed by atoms with Crippen molar-refractivity contribution in [3.63, 3.8) is 0 Å². The van der Waals surface area contributed by atoms with Crippen LogP contribution in [0, 0.1) is 17.8 Å². The maximum atomic E-state index is 9.23. The van der Waals surface area contributed by atoms with E-state index in [9.17, 15) is 5.26 Å². The summed E-state index contributed by atoms with van der Waals surface area (Å²) in [5.41, 5.74) is -0.460. The zero-order chi connectivity index (χ0) is 12.4. The van der Waals surface area contributed by atoms with Crippen LogP contribution < -0.4 is 0 Å². The van der Waals surface area contributed by atoms with Gasteiger partial charge in [-0.15, -0.1) is 0 Å². The van der Waals surface area contributed by atoms with Crippen molar-refractivity contribution in [2.24, 2.45) is 0 Å². The Hall–Kier alpha value is -0.550. The highest BCUT2D eigenvalue weighted by atomic mass is 16.5. The zero-order valence-electron chi connectivity index (χ0n) is 11.2. The molecule has 0 amide bonds. The smallest absolute Gasteiger partial charge is 0.154 e. The second-order valence-electron chi connectivity index (χ2n) is 5.09. The zero-order valence-corrected chi connectivity index (χ0v) is 11.2. The van der Waals surface area contributed by atoms with Crippen molar-refractivity contribution in [1.29, 1.82) is 5.26 Å². The largest absolute Gasteiger partial charge is 0.360 e. The molecule has 1 aliphatic rings. The number of rotatable bonds is 8. The highest BCUT2D eigenvalue weighted by Gasteiger charge is 2.32. The molecular weight excluding hydrogens is 210 g/mol. The highest BCUT2D eigenvalue weighted by Crippen LogP contribution is 2.30. The lowest BCUT2D eigenvalue weighted by molar-refractivity contribution is -0.0230. The summed E-state index contributed by atoms with van der Waals surface area (Å²) in [5.74, 6) is 0. The first kappa shape index (κ1) is 14.5. The summed E-state index contributed by atoms with van der Waals surface area (Å²) in [7, 11) is 0. The molecular formula is C15H26NO. The minimum absolute atomic E-state index is 0.460. The maximum absolute atomic E-state index is 9.23. The molecule has 2 nitrogen and oxygen atoms in total. The van der Waals surface area contributed by atoms with Crippen molar-refractivity contribution in [2.45, 2.75) is 76.7 Å². The third-order valence-corrected chi connectivity index (χ3v) is 3.58. The van der Waals surface area contributed by atoms with E-state index < -0.39 is 5.60 Å². The van der Waals surface area contributed by atoms with Crippen molar-refractivity contribution < 1.29 is 4.74 Å². The van der Waals surface area contributed by atoms with E-state index in [4.69, 9.17) is 4.74 Å². The van der Waals surface area contributed by atoms with Crippen LogP contribution in [0.1, 0.15) is 71.1 Å². The molecule has 1 radical (unpaired) electrons. The third kappa shape index (κ3) is 5.55. The van der Waals surface area contributed by atoms with E-state index in [0.717, 1.165) is 38.7 Å². The van der Waals surface area contributed by atoms with E-state index in [1.54, 1.807) is 0 Å². The van der Waals surface area contributed by atoms with Gasteiger partial charge >= 0.3 is 0 Å². The number of ether oxygens (including phenoxy) is 1. The molecule has 0 bridgehead atoms. The number of nitriles is 1. The lowest BCUT2D eigenvalue weighted by Crippen LogP contribution is -2.33. The average molecular weight is 236 g/mol. The Morgan fingerprint density at radius 1 is 1.12 bits per heavy atom. The van der Waals surface area contributed by atoms with Crippen LogP contribution in [-0.4, -0.2) is 12.2 Å². The van der Waals surface area contributed by atoms with Gasteiger partial charge in [0.15, 0.2) is 5.60 Å². The minimum atomic E-state index is -0.460. The maximum Gasteiger partial charge on any atom is 0.154 e. The third-order valence-electron chi connectivity index (χ3n) is 3.58. The lowest BCUT2D eigenvalue weighted by Gasteiger charge is -2.30. The Balaban J connectivity index is 2.06. The second-order valence-corrected chi connectivity index (χ2v) is 5.09. The summed E-state index contributed by atoms with van der Waals surface area (Å²) in [6, 6.07) is 2.39. The van der Waals surface area contributed by atoms with Gasteiger partial charge in [-0.1, -0.05) is 39.0 Å². The van der Waals surface area contributed by atoms with Gasteiger partial charge in [-0.05, 0) is 38.5 Å². The molecule has 0 unspecified atom stereocenters. The lowest BCUT2D eigenvalue weighted by atomic mass is 9.86. The standard InChI is InChI=1S/C15H26NO/c1-2-3-4-5-6-10-13-17-15(14-16)11-8-7-9-12-15/h7H,2-6,8-13H2,1H3. The highest BCUT2D eigenvalue weighted by molar-refractivity contribution is 5.05. The van der Waals surface area contributed by atoms with Crippen LogP contribution in [0.3, 0.4) is 0 Å². The first-order chi connectivity index (χ1) is 8.33. The van der Waals surface area contributed by atoms with Crippen LogP contribution in [0.5, 0.6) is 0 Å². The molecule has 0 aromatic rings. The number of nitrogens with zero attached hydrogens (tertiary/aromatic N) is 1. The van der Waals surface area contributed by atoms with Crippen LogP contribution in [0.2, 0.25) is 0 Å². The Morgan fingerprint density at radius 2 is 1.76 bits per heavy atom. The second kappa shape index (κ2) is 8.53. The van der Waals surface area contributed by atoms with Gasteiger partial charge in [0.25, 0.3) is 0 Å². The van der Waals surface area contributed by atoms with Gasteiger partial charge < -0.3 is 4.74 Å². The van der Waals surface area contributed by atoms with Crippen LogP contribution in [-0.2, 0) is 4.74 Å². The predicted molar refractivity (Wildman–Crippen MR) is 70.4 cm³/mol. The number of hydrogen-bond acceptors (Lipinski definition) is 2. The number of unbranched alkanes of at least 4 members (excludes halogenated alkanes) is 5. The van der Waals surface area contributed by atoms with Crippen LogP contribution >= 0.6 is 0 Å². The number of hydrogen-bond donors (Lipinski definition) is 0. The monoisotopic (exact) mass is 236 g/mol. The quantitative estimate of drug-likeness (QED) is 0.585. The van der Waals surface area contributed by atoms with Gasteiger partial charge in [0.1, 0.15) is 0 Å². The van der Waals surface area contributed by atoms with Gasteiger partial charge in [0.2, 0.25) is 0 Å². The fraction of sp³-hybridized carbons (Fsp3) is 0.867. The molecule has 0 atom stereocenters. The average Bonchev–Trinajstić information content (AvgIpc) is 2.39. The van der Waals surface area contributed by atoms with Crippen molar-refractivity contribution in [3.05, 3.63) is 6.42 Å². The van der Waals surface area contributed by atoms with E-state index in [-0.39, 0.29) is 0 Å². The molecule has 0 heterocycles. The van der Waals surface area contributed by atoms with Gasteiger partial charge in [-0.3, -0.25) is 0 Å². The van der Waals surface area contributed by atoms with E-state index in [2.05, 4.69) is 19.4 Å². The molecule has 17 heavy (non-hydrogen) atoms. The summed E-state index contributed by atoms with van der Waals surface area (Å²) < 4.78 is 5.85. The topological polar surface area (TPSA) is 33.0 Å². The molecule has 2 heteroatoms. The van der Waals surface area contributed by atoms with Gasteiger partial charge in [-0.25, -0.2) is 0 Å². The SMILES string of the molecule is CCCCCCCCOC1(C#N)CC[CH]CC1. The van der Waals surface area contributed by atoms with E-state index >= 15 is 0 Å². The van der Waals surface area contributed by atoms with Crippen molar-refractivity contribution in [1.82, 2.24) is 0 Å². The van der Waals surface area contributed by atoms with Crippen molar-refractivity contribution in [2.75, 3.05) is 6.61 Å². The van der Waals surface area contributed by atoms with Crippen LogP contribution in [0.4, 0.5) is 0 Å². The fourth-order valence-electron chi connectivity index (χ4n) is 2.38. The van der Waals surface area contributed by atoms with E-state index in [1.807, 2.05) is 0 Å². The summed E-state index contributed by atoms with van der Waals surface area (Å²) in [6.45, 7) is 3.00. The fourth-order valence-corrected chi connectivity index (χ4v) is 2.38. The molecule has 0 N–H and O–H groups in total. The molecule has 0 spiro atoms. The molecule has 1 fully saturated rings. The Morgan fingerprint density at radius 3 is 2.41 bits per heavy atom. The van der Waals surface area contributed by atoms with Crippen LogP contribution in [0.25, 0.3) is 0 Å². The normalized spacial score (nSPS) is 18.8. The molecule has 0 saturated heterocycles. The van der Waals surface area contributed by atoms with Crippen LogP contribution in [0.15, 0.2) is 0 Å². The van der Waals surface area contributed by atoms with Crippen molar-refractivity contribution in [3.8, 4) is 6.07 Å². The Bertz CT molecular complexity index is 226. The summed E-state index contributed by atoms with van der Waals surface area (Å²) in [6.07, 6.45) is 13.8. The molecule has 0 aliphatic heterocycles. The molecule has 1 aliphatic carbocycles. The first-order valence-corrected chi connectivity index (χ1v) is 7.20. The molecule has 97 valence electrons. The van der Waals surface area contributed by atoms with E-state index in [0.29, 0.717) is 0 Å². The van der Waals surface area contributed by atoms with Gasteiger partial charge in [-0.2, -0.15) is 5.26 Å². The van der Waals surface area contributed by atoms with Gasteiger partial charge in [0.05, 0.1) is 6.07 Å². The summed E-state index contributed by atoms with van der Waals surface area (Å²) in [5, 5.41) is 9.23. The van der Waals surface area contributed by atoms with E-state index in [1.165, 1.54) is 32.1 Å². The minimum Gasteiger partial charge on any atom is -0.360 e. The summed E-state index contributed by atoms with van der Waals surface area (Å²) in [4.78, 5) is 0.